The van der Waals surface area contributed by atoms with Gasteiger partial charge in [-0.1, -0.05) is 42.5 Å². The van der Waals surface area contributed by atoms with E-state index >= 15 is 0 Å². The number of alkyl halides is 5. The molecule has 1 aliphatic rings. The van der Waals surface area contributed by atoms with E-state index in [1.54, 1.807) is 6.92 Å². The standard InChI is InChI=1S/C28H29F5N6O7S2/c1-3-27(29,30)18-7-5-17(6-8-18)15-34-22(40)21-16-38(26(42)35-25-37-36-23(47-25)24(41)45-4-2)13-14-39(21)48(43,44)20-11-9-19(10-12-20)46-28(31,32)33/h5-12,21H,3-4,13-16H2,1-2H3,(H,34,40)(H,35,37,42)/t21-/m1/s1. The maximum absolute atomic E-state index is 14.0. The Morgan fingerprint density at radius 3 is 2.25 bits per heavy atom. The van der Waals surface area contributed by atoms with Crippen LogP contribution in [0.1, 0.15) is 41.2 Å². The molecule has 1 atom stereocenters. The second kappa shape index (κ2) is 14.8. The number of sulfonamides is 1. The minimum absolute atomic E-state index is 0.0719. The molecule has 4 rings (SSSR count). The lowest BCUT2D eigenvalue weighted by Gasteiger charge is -2.39. The van der Waals surface area contributed by atoms with Crippen molar-refractivity contribution in [3.8, 4) is 5.75 Å². The lowest BCUT2D eigenvalue weighted by molar-refractivity contribution is -0.274. The number of nitrogens with zero attached hydrogens (tertiary/aromatic N) is 4. The topological polar surface area (TPSA) is 160 Å². The van der Waals surface area contributed by atoms with Crippen LogP contribution in [0.4, 0.5) is 31.9 Å². The summed E-state index contributed by atoms with van der Waals surface area (Å²) in [4.78, 5) is 39.2. The van der Waals surface area contributed by atoms with Crippen LogP contribution in [-0.2, 0) is 32.0 Å². The fourth-order valence-electron chi connectivity index (χ4n) is 4.50. The Bertz CT molecular complexity index is 1720. The first-order valence-electron chi connectivity index (χ1n) is 14.2. The summed E-state index contributed by atoms with van der Waals surface area (Å²) in [6.45, 7) is 1.73. The minimum Gasteiger partial charge on any atom is -0.461 e. The van der Waals surface area contributed by atoms with E-state index in [-0.39, 0.29) is 35.4 Å². The molecule has 48 heavy (non-hydrogen) atoms. The third-order valence-electron chi connectivity index (χ3n) is 6.96. The predicted molar refractivity (Wildman–Crippen MR) is 160 cm³/mol. The van der Waals surface area contributed by atoms with Gasteiger partial charge in [-0.3, -0.25) is 10.1 Å². The molecule has 1 aliphatic heterocycles. The summed E-state index contributed by atoms with van der Waals surface area (Å²) in [6, 6.07) is 6.23. The highest BCUT2D eigenvalue weighted by Crippen LogP contribution is 2.31. The van der Waals surface area contributed by atoms with Crippen molar-refractivity contribution in [1.82, 2.24) is 24.7 Å². The molecule has 260 valence electrons. The molecule has 13 nitrogen and oxygen atoms in total. The maximum atomic E-state index is 14.0. The first-order valence-corrected chi connectivity index (χ1v) is 16.5. The van der Waals surface area contributed by atoms with Crippen LogP contribution in [0.15, 0.2) is 53.4 Å². The van der Waals surface area contributed by atoms with E-state index in [0.29, 0.717) is 5.56 Å². The Morgan fingerprint density at radius 1 is 0.979 bits per heavy atom. The van der Waals surface area contributed by atoms with E-state index in [4.69, 9.17) is 4.74 Å². The molecule has 3 aromatic rings. The van der Waals surface area contributed by atoms with Gasteiger partial charge >= 0.3 is 18.4 Å². The fraction of sp³-hybridized carbons (Fsp3) is 0.393. The summed E-state index contributed by atoms with van der Waals surface area (Å²) >= 11 is 0.728. The molecular weight excluding hydrogens is 691 g/mol. The Kier molecular flexibility index (Phi) is 11.2. The van der Waals surface area contributed by atoms with Crippen LogP contribution in [0.5, 0.6) is 5.75 Å². The Hall–Kier alpha value is -4.43. The summed E-state index contributed by atoms with van der Waals surface area (Å²) in [5.41, 5.74) is 0.204. The van der Waals surface area contributed by atoms with Gasteiger partial charge in [-0.2, -0.15) is 4.31 Å². The van der Waals surface area contributed by atoms with Gasteiger partial charge in [-0.25, -0.2) is 26.8 Å². The zero-order valence-electron chi connectivity index (χ0n) is 25.3. The number of amides is 3. The predicted octanol–water partition coefficient (Wildman–Crippen LogP) is 4.34. The highest BCUT2D eigenvalue weighted by molar-refractivity contribution is 7.89. The van der Waals surface area contributed by atoms with Crippen LogP contribution in [0, 0.1) is 0 Å². The smallest absolute Gasteiger partial charge is 0.461 e. The van der Waals surface area contributed by atoms with E-state index in [2.05, 4.69) is 25.6 Å². The lowest BCUT2D eigenvalue weighted by Crippen LogP contribution is -2.61. The van der Waals surface area contributed by atoms with Crippen LogP contribution in [-0.4, -0.2) is 84.4 Å². The highest BCUT2D eigenvalue weighted by Gasteiger charge is 2.42. The van der Waals surface area contributed by atoms with Crippen molar-refractivity contribution in [2.75, 3.05) is 31.6 Å². The van der Waals surface area contributed by atoms with Crippen LogP contribution in [0.3, 0.4) is 0 Å². The molecule has 1 fully saturated rings. The van der Waals surface area contributed by atoms with Crippen LogP contribution in [0.2, 0.25) is 0 Å². The van der Waals surface area contributed by atoms with Gasteiger partial charge in [0.05, 0.1) is 11.5 Å². The van der Waals surface area contributed by atoms with Crippen molar-refractivity contribution in [3.63, 3.8) is 0 Å². The van der Waals surface area contributed by atoms with Gasteiger partial charge in [0, 0.05) is 38.2 Å². The van der Waals surface area contributed by atoms with Crippen molar-refractivity contribution in [3.05, 3.63) is 64.7 Å². The zero-order valence-corrected chi connectivity index (χ0v) is 26.9. The molecule has 20 heteroatoms. The molecule has 0 aliphatic carbocycles. The fourth-order valence-corrected chi connectivity index (χ4v) is 6.70. The number of ether oxygens (including phenoxy) is 2. The molecular formula is C28H29F5N6O7S2. The van der Waals surface area contributed by atoms with Gasteiger partial charge in [-0.15, -0.1) is 23.4 Å². The first kappa shape index (κ1) is 36.4. The average Bonchev–Trinajstić information content (AvgIpc) is 3.51. The van der Waals surface area contributed by atoms with Gasteiger partial charge in [0.15, 0.2) is 0 Å². The Balaban J connectivity index is 1.54. The second-order valence-corrected chi connectivity index (χ2v) is 13.0. The Morgan fingerprint density at radius 2 is 1.65 bits per heavy atom. The number of rotatable bonds is 11. The third kappa shape index (κ3) is 8.92. The van der Waals surface area contributed by atoms with Crippen molar-refractivity contribution < 1.29 is 54.2 Å². The highest BCUT2D eigenvalue weighted by atomic mass is 32.2. The number of hydrogen-bond acceptors (Lipinski definition) is 10. The van der Waals surface area contributed by atoms with Gasteiger partial charge in [0.2, 0.25) is 26.1 Å². The maximum Gasteiger partial charge on any atom is 0.573 e. The number of hydrogen-bond donors (Lipinski definition) is 2. The SMILES string of the molecule is CCOC(=O)c1nnc(NC(=O)N2CCN(S(=O)(=O)c3ccc(OC(F)(F)F)cc3)[C@@H](C(=O)NCc3ccc(C(F)(F)CC)cc3)C2)s1. The van der Waals surface area contributed by atoms with Crippen LogP contribution >= 0.6 is 11.3 Å². The van der Waals surface area contributed by atoms with Crippen molar-refractivity contribution in [2.24, 2.45) is 0 Å². The number of urea groups is 1. The summed E-state index contributed by atoms with van der Waals surface area (Å²) in [6.07, 6.45) is -5.42. The number of anilines is 1. The second-order valence-electron chi connectivity index (χ2n) is 10.1. The number of esters is 1. The molecule has 3 amide bonds. The van der Waals surface area contributed by atoms with Gasteiger partial charge in [-0.05, 0) is 36.8 Å². The normalized spacial score (nSPS) is 15.9. The summed E-state index contributed by atoms with van der Waals surface area (Å²) in [5, 5.41) is 12.2. The number of benzene rings is 2. The number of aromatic nitrogens is 2. The molecule has 2 N–H and O–H groups in total. The summed E-state index contributed by atoms with van der Waals surface area (Å²) in [5.74, 6) is -5.31. The monoisotopic (exact) mass is 720 g/mol. The van der Waals surface area contributed by atoms with Crippen LogP contribution in [0.25, 0.3) is 0 Å². The average molecular weight is 721 g/mol. The van der Waals surface area contributed by atoms with E-state index in [1.165, 1.54) is 31.2 Å². The minimum atomic E-state index is -5.01. The van der Waals surface area contributed by atoms with Crippen molar-refractivity contribution >= 4 is 44.4 Å². The van der Waals surface area contributed by atoms with Crippen LogP contribution < -0.4 is 15.4 Å². The zero-order chi connectivity index (χ0) is 35.3. The molecule has 0 unspecified atom stereocenters. The third-order valence-corrected chi connectivity index (χ3v) is 9.70. The molecule has 2 aromatic carbocycles. The molecule has 2 heterocycles. The number of carbonyl (C=O) groups is 3. The van der Waals surface area contributed by atoms with E-state index in [1.807, 2.05) is 0 Å². The summed E-state index contributed by atoms with van der Waals surface area (Å²) in [7, 11) is -4.52. The summed E-state index contributed by atoms with van der Waals surface area (Å²) < 4.78 is 103. The first-order chi connectivity index (χ1) is 22.5. The van der Waals surface area contributed by atoms with E-state index in [9.17, 15) is 44.8 Å². The Labute approximate surface area is 275 Å². The number of piperazine rings is 1. The molecule has 0 saturated carbocycles. The molecule has 1 saturated heterocycles. The largest absolute Gasteiger partial charge is 0.573 e. The quantitative estimate of drug-likeness (QED) is 0.217. The van der Waals surface area contributed by atoms with Gasteiger partial charge in [0.1, 0.15) is 11.8 Å². The van der Waals surface area contributed by atoms with Crippen molar-refractivity contribution in [1.29, 1.82) is 0 Å². The molecule has 0 spiro atoms. The molecule has 0 bridgehead atoms. The molecule has 1 aromatic heterocycles. The van der Waals surface area contributed by atoms with Gasteiger partial charge < -0.3 is 19.7 Å². The number of carbonyl (C=O) groups excluding carboxylic acids is 3. The van der Waals surface area contributed by atoms with E-state index < -0.39 is 76.4 Å². The molecule has 0 radical (unpaired) electrons. The van der Waals surface area contributed by atoms with E-state index in [0.717, 1.165) is 44.8 Å². The van der Waals surface area contributed by atoms with Gasteiger partial charge in [0.25, 0.3) is 5.92 Å². The lowest BCUT2D eigenvalue weighted by atomic mass is 10.0. The number of halogens is 5. The number of nitrogens with one attached hydrogen (secondary N) is 2. The van der Waals surface area contributed by atoms with Crippen molar-refractivity contribution in [2.45, 2.75) is 50.0 Å².